The van der Waals surface area contributed by atoms with E-state index < -0.39 is 10.0 Å². The van der Waals surface area contributed by atoms with Gasteiger partial charge in [0.25, 0.3) is 10.0 Å². The van der Waals surface area contributed by atoms with Gasteiger partial charge in [-0.15, -0.1) is 0 Å². The lowest BCUT2D eigenvalue weighted by molar-refractivity contribution is 0.282. The Labute approximate surface area is 106 Å². The third-order valence-electron chi connectivity index (χ3n) is 2.75. The van der Waals surface area contributed by atoms with E-state index in [1.165, 1.54) is 18.5 Å². The molecule has 96 valence electrons. The van der Waals surface area contributed by atoms with Gasteiger partial charge in [0.2, 0.25) is 0 Å². The number of aromatic nitrogens is 1. The normalized spacial score (nSPS) is 11.7. The second-order valence-corrected chi connectivity index (χ2v) is 5.81. The van der Waals surface area contributed by atoms with Crippen molar-refractivity contribution in [2.24, 2.45) is 0 Å². The number of hydrogen-bond acceptors (Lipinski definition) is 4. The van der Waals surface area contributed by atoms with Gasteiger partial charge in [0.1, 0.15) is 4.90 Å². The van der Waals surface area contributed by atoms with Crippen LogP contribution in [0.2, 0.25) is 0 Å². The van der Waals surface area contributed by atoms with Crippen LogP contribution in [0.5, 0.6) is 0 Å². The summed E-state index contributed by atoms with van der Waals surface area (Å²) in [5.74, 6) is 0. The van der Waals surface area contributed by atoms with Crippen LogP contribution in [-0.4, -0.2) is 17.5 Å². The maximum absolute atomic E-state index is 12.3. The number of aryl methyl sites for hydroxylation is 1. The number of nitrogen functional groups attached to an aromatic ring is 1. The molecule has 0 unspecified atom stereocenters. The number of nitrogens with zero attached hydrogens (tertiary/aromatic N) is 1. The number of nitrogens with two attached hydrogens (primary N) is 1. The van der Waals surface area contributed by atoms with E-state index in [1.807, 2.05) is 0 Å². The fraction of sp³-hybridized carbons (Fsp3) is 0.167. The molecule has 0 bridgehead atoms. The van der Waals surface area contributed by atoms with Crippen LogP contribution < -0.4 is 5.73 Å². The molecule has 1 aromatic carbocycles. The van der Waals surface area contributed by atoms with Crippen molar-refractivity contribution in [3.8, 4) is 0 Å². The van der Waals surface area contributed by atoms with E-state index in [0.717, 1.165) is 3.97 Å². The Morgan fingerprint density at radius 1 is 1.33 bits per heavy atom. The zero-order valence-electron chi connectivity index (χ0n) is 9.87. The first-order valence-corrected chi connectivity index (χ1v) is 6.79. The van der Waals surface area contributed by atoms with E-state index in [0.29, 0.717) is 11.1 Å². The Morgan fingerprint density at radius 3 is 2.67 bits per heavy atom. The van der Waals surface area contributed by atoms with E-state index in [-0.39, 0.29) is 17.2 Å². The van der Waals surface area contributed by atoms with Crippen molar-refractivity contribution < 1.29 is 13.5 Å². The monoisotopic (exact) mass is 266 g/mol. The zero-order chi connectivity index (χ0) is 13.3. The predicted octanol–water partition coefficient (Wildman–Crippen LogP) is 1.11. The van der Waals surface area contributed by atoms with Crippen molar-refractivity contribution in [2.75, 3.05) is 5.73 Å². The van der Waals surface area contributed by atoms with E-state index in [2.05, 4.69) is 0 Å². The van der Waals surface area contributed by atoms with Gasteiger partial charge in [-0.2, -0.15) is 0 Å². The van der Waals surface area contributed by atoms with Gasteiger partial charge in [0, 0.05) is 12.4 Å². The molecule has 2 aromatic rings. The van der Waals surface area contributed by atoms with Crippen LogP contribution in [0.4, 0.5) is 5.69 Å². The highest BCUT2D eigenvalue weighted by molar-refractivity contribution is 7.90. The Hall–Kier alpha value is -1.79. The molecule has 0 amide bonds. The average molecular weight is 266 g/mol. The standard InChI is InChI=1S/C12H14N2O3S/c1-9-3-2-4-11(12(9)13)18(16,17)14-6-5-10(7-14)8-15/h2-7,15H,8,13H2,1H3. The molecule has 0 atom stereocenters. The highest BCUT2D eigenvalue weighted by Crippen LogP contribution is 2.24. The van der Waals surface area contributed by atoms with Gasteiger partial charge in [-0.25, -0.2) is 12.4 Å². The van der Waals surface area contributed by atoms with E-state index >= 15 is 0 Å². The Balaban J connectivity index is 2.58. The van der Waals surface area contributed by atoms with Crippen LogP contribution in [0.25, 0.3) is 0 Å². The van der Waals surface area contributed by atoms with Gasteiger partial charge in [-0.1, -0.05) is 12.1 Å². The fourth-order valence-electron chi connectivity index (χ4n) is 1.65. The second-order valence-electron chi connectivity index (χ2n) is 4.00. The minimum absolute atomic E-state index is 0.0718. The third kappa shape index (κ3) is 2.00. The van der Waals surface area contributed by atoms with Crippen LogP contribution in [0.15, 0.2) is 41.6 Å². The van der Waals surface area contributed by atoms with Crippen molar-refractivity contribution in [1.29, 1.82) is 0 Å². The molecule has 1 aromatic heterocycles. The third-order valence-corrected chi connectivity index (χ3v) is 4.44. The Morgan fingerprint density at radius 2 is 2.06 bits per heavy atom. The fourth-order valence-corrected chi connectivity index (χ4v) is 3.07. The van der Waals surface area contributed by atoms with Gasteiger partial charge >= 0.3 is 0 Å². The van der Waals surface area contributed by atoms with Crippen LogP contribution in [0.3, 0.4) is 0 Å². The SMILES string of the molecule is Cc1cccc(S(=O)(=O)n2ccc(CO)c2)c1N. The number of rotatable bonds is 3. The number of aliphatic hydroxyl groups is 1. The molecule has 18 heavy (non-hydrogen) atoms. The molecule has 0 aliphatic rings. The first-order valence-electron chi connectivity index (χ1n) is 5.35. The topological polar surface area (TPSA) is 85.3 Å². The summed E-state index contributed by atoms with van der Waals surface area (Å²) in [7, 11) is -3.70. The van der Waals surface area contributed by atoms with Crippen molar-refractivity contribution >= 4 is 15.7 Å². The van der Waals surface area contributed by atoms with Crippen molar-refractivity contribution in [2.45, 2.75) is 18.4 Å². The lowest BCUT2D eigenvalue weighted by atomic mass is 10.2. The molecule has 6 heteroatoms. The van der Waals surface area contributed by atoms with Gasteiger partial charge < -0.3 is 10.8 Å². The highest BCUT2D eigenvalue weighted by Gasteiger charge is 2.20. The molecule has 5 nitrogen and oxygen atoms in total. The zero-order valence-corrected chi connectivity index (χ0v) is 10.7. The molecule has 0 aliphatic heterocycles. The van der Waals surface area contributed by atoms with Crippen LogP contribution in [0, 0.1) is 6.92 Å². The Bertz CT molecular complexity index is 674. The van der Waals surface area contributed by atoms with Gasteiger partial charge in [-0.05, 0) is 30.2 Å². The molecule has 0 fully saturated rings. The second kappa shape index (κ2) is 4.47. The summed E-state index contributed by atoms with van der Waals surface area (Å²) in [6.07, 6.45) is 2.76. The summed E-state index contributed by atoms with van der Waals surface area (Å²) < 4.78 is 25.7. The number of aliphatic hydroxyl groups excluding tert-OH is 1. The van der Waals surface area contributed by atoms with Gasteiger partial charge in [0.05, 0.1) is 12.3 Å². The number of benzene rings is 1. The van der Waals surface area contributed by atoms with Crippen molar-refractivity contribution in [3.63, 3.8) is 0 Å². The lowest BCUT2D eigenvalue weighted by Crippen LogP contribution is -2.13. The first kappa shape index (κ1) is 12.7. The minimum atomic E-state index is -3.70. The smallest absolute Gasteiger partial charge is 0.269 e. The summed E-state index contributed by atoms with van der Waals surface area (Å²) in [5.41, 5.74) is 7.30. The maximum atomic E-state index is 12.3. The number of hydrogen-bond donors (Lipinski definition) is 2. The minimum Gasteiger partial charge on any atom is -0.397 e. The van der Waals surface area contributed by atoms with E-state index in [1.54, 1.807) is 25.1 Å². The van der Waals surface area contributed by atoms with Crippen molar-refractivity contribution in [1.82, 2.24) is 3.97 Å². The molecular weight excluding hydrogens is 252 g/mol. The molecule has 0 aliphatic carbocycles. The maximum Gasteiger partial charge on any atom is 0.269 e. The quantitative estimate of drug-likeness (QED) is 0.815. The highest BCUT2D eigenvalue weighted by atomic mass is 32.2. The molecule has 0 spiro atoms. The molecule has 1 heterocycles. The van der Waals surface area contributed by atoms with Crippen LogP contribution in [0.1, 0.15) is 11.1 Å². The average Bonchev–Trinajstić information content (AvgIpc) is 2.81. The number of anilines is 1. The molecular formula is C12H14N2O3S. The largest absolute Gasteiger partial charge is 0.397 e. The van der Waals surface area contributed by atoms with Crippen LogP contribution in [-0.2, 0) is 16.6 Å². The van der Waals surface area contributed by atoms with E-state index in [9.17, 15) is 8.42 Å². The summed E-state index contributed by atoms with van der Waals surface area (Å²) in [6, 6.07) is 6.41. The van der Waals surface area contributed by atoms with E-state index in [4.69, 9.17) is 10.8 Å². The summed E-state index contributed by atoms with van der Waals surface area (Å²) >= 11 is 0. The molecule has 0 saturated heterocycles. The lowest BCUT2D eigenvalue weighted by Gasteiger charge is -2.10. The molecule has 0 saturated carbocycles. The predicted molar refractivity (Wildman–Crippen MR) is 68.5 cm³/mol. The Kier molecular flexibility index (Phi) is 3.14. The van der Waals surface area contributed by atoms with Gasteiger partial charge in [-0.3, -0.25) is 0 Å². The number of para-hydroxylation sites is 1. The molecule has 0 radical (unpaired) electrons. The summed E-state index contributed by atoms with van der Waals surface area (Å²) in [5, 5.41) is 8.95. The molecule has 3 N–H and O–H groups in total. The summed E-state index contributed by atoms with van der Waals surface area (Å²) in [4.78, 5) is 0.0718. The van der Waals surface area contributed by atoms with Gasteiger partial charge in [0.15, 0.2) is 0 Å². The summed E-state index contributed by atoms with van der Waals surface area (Å²) in [6.45, 7) is 1.55. The van der Waals surface area contributed by atoms with Crippen LogP contribution >= 0.6 is 0 Å². The first-order chi connectivity index (χ1) is 8.46. The van der Waals surface area contributed by atoms with Crippen molar-refractivity contribution in [3.05, 3.63) is 47.8 Å². The molecule has 2 rings (SSSR count).